The fourth-order valence-electron chi connectivity index (χ4n) is 1.78. The normalized spacial score (nSPS) is 12.6. The van der Waals surface area contributed by atoms with E-state index in [1.807, 2.05) is 6.92 Å². The lowest BCUT2D eigenvalue weighted by molar-refractivity contribution is 0.0954. The van der Waals surface area contributed by atoms with Crippen LogP contribution in [0.25, 0.3) is 0 Å². The van der Waals surface area contributed by atoms with Crippen molar-refractivity contribution in [2.24, 2.45) is 4.99 Å². The Kier molecular flexibility index (Phi) is 8.32. The van der Waals surface area contributed by atoms with Crippen LogP contribution in [0.1, 0.15) is 17.3 Å². The molecule has 22 heavy (non-hydrogen) atoms. The summed E-state index contributed by atoms with van der Waals surface area (Å²) in [6.45, 7) is 3.65. The molecule has 0 aliphatic rings. The van der Waals surface area contributed by atoms with Gasteiger partial charge in [0.1, 0.15) is 0 Å². The van der Waals surface area contributed by atoms with Gasteiger partial charge in [-0.2, -0.15) is 0 Å². The molecule has 0 aromatic heterocycles. The second-order valence-corrected chi connectivity index (χ2v) is 5.20. The highest BCUT2D eigenvalue weighted by Gasteiger charge is 2.06. The lowest BCUT2D eigenvalue weighted by Gasteiger charge is -2.17. The third kappa shape index (κ3) is 6.78. The molecule has 1 amide bonds. The topological polar surface area (TPSA) is 74.8 Å². The summed E-state index contributed by atoms with van der Waals surface area (Å²) in [7, 11) is 3.35. The number of carbonyl (C=O) groups excluding carboxylic acids is 1. The molecule has 0 saturated carbocycles. The molecule has 0 saturated heterocycles. The standard InChI is InChI=1S/C15H23ClN4O2/c1-11(10-22-3)20-15(17-2)19-9-8-18-14(21)12-4-6-13(16)7-5-12/h4-7,11H,8-10H2,1-3H3,(H,18,21)(H2,17,19,20). The lowest BCUT2D eigenvalue weighted by atomic mass is 10.2. The minimum Gasteiger partial charge on any atom is -0.383 e. The second kappa shape index (κ2) is 10.0. The van der Waals surface area contributed by atoms with Crippen molar-refractivity contribution in [3.8, 4) is 0 Å². The smallest absolute Gasteiger partial charge is 0.251 e. The number of halogens is 1. The number of hydrogen-bond donors (Lipinski definition) is 3. The monoisotopic (exact) mass is 326 g/mol. The molecule has 0 spiro atoms. The fraction of sp³-hybridized carbons (Fsp3) is 0.467. The van der Waals surface area contributed by atoms with Crippen LogP contribution in [0.2, 0.25) is 5.02 Å². The molecule has 7 heteroatoms. The van der Waals surface area contributed by atoms with Gasteiger partial charge in [0.15, 0.2) is 5.96 Å². The molecule has 0 fully saturated rings. The van der Waals surface area contributed by atoms with Crippen molar-refractivity contribution in [1.29, 1.82) is 0 Å². The van der Waals surface area contributed by atoms with E-state index in [1.54, 1.807) is 38.4 Å². The molecule has 3 N–H and O–H groups in total. The molecular weight excluding hydrogens is 304 g/mol. The second-order valence-electron chi connectivity index (χ2n) is 4.76. The van der Waals surface area contributed by atoms with Gasteiger partial charge in [-0.25, -0.2) is 0 Å². The van der Waals surface area contributed by atoms with Gasteiger partial charge in [0.2, 0.25) is 0 Å². The van der Waals surface area contributed by atoms with Crippen LogP contribution in [-0.4, -0.2) is 51.8 Å². The van der Waals surface area contributed by atoms with E-state index in [0.29, 0.717) is 36.2 Å². The van der Waals surface area contributed by atoms with Crippen LogP contribution < -0.4 is 16.0 Å². The molecule has 0 radical (unpaired) electrons. The molecule has 1 aromatic carbocycles. The Bertz CT molecular complexity index is 491. The van der Waals surface area contributed by atoms with Crippen molar-refractivity contribution < 1.29 is 9.53 Å². The van der Waals surface area contributed by atoms with E-state index in [0.717, 1.165) is 0 Å². The van der Waals surface area contributed by atoms with Gasteiger partial charge in [0, 0.05) is 43.9 Å². The summed E-state index contributed by atoms with van der Waals surface area (Å²) < 4.78 is 5.05. The maximum Gasteiger partial charge on any atom is 0.251 e. The average Bonchev–Trinajstić information content (AvgIpc) is 2.51. The number of nitrogens with one attached hydrogen (secondary N) is 3. The molecule has 122 valence electrons. The van der Waals surface area contributed by atoms with E-state index in [4.69, 9.17) is 16.3 Å². The molecule has 0 aliphatic heterocycles. The Labute approximate surface area is 136 Å². The van der Waals surface area contributed by atoms with Crippen LogP contribution in [0, 0.1) is 0 Å². The third-order valence-electron chi connectivity index (χ3n) is 2.83. The maximum atomic E-state index is 11.9. The van der Waals surface area contributed by atoms with Crippen LogP contribution in [0.5, 0.6) is 0 Å². The number of carbonyl (C=O) groups is 1. The Balaban J connectivity index is 2.28. The predicted octanol–water partition coefficient (Wildman–Crippen LogP) is 1.27. The first-order chi connectivity index (χ1) is 10.6. The Morgan fingerprint density at radius 2 is 1.91 bits per heavy atom. The number of nitrogens with zero attached hydrogens (tertiary/aromatic N) is 1. The number of ether oxygens (including phenoxy) is 1. The molecule has 1 atom stereocenters. The fourth-order valence-corrected chi connectivity index (χ4v) is 1.91. The molecule has 0 aliphatic carbocycles. The summed E-state index contributed by atoms with van der Waals surface area (Å²) in [4.78, 5) is 16.0. The van der Waals surface area contributed by atoms with Gasteiger partial charge < -0.3 is 20.7 Å². The summed E-state index contributed by atoms with van der Waals surface area (Å²) in [5, 5.41) is 9.74. The quantitative estimate of drug-likeness (QED) is 0.401. The minimum atomic E-state index is -0.130. The number of guanidine groups is 1. The first kappa shape index (κ1) is 18.3. The van der Waals surface area contributed by atoms with Crippen molar-refractivity contribution in [3.05, 3.63) is 34.9 Å². The highest BCUT2D eigenvalue weighted by atomic mass is 35.5. The summed E-state index contributed by atoms with van der Waals surface area (Å²) in [5.74, 6) is 0.541. The van der Waals surface area contributed by atoms with Gasteiger partial charge in [-0.05, 0) is 31.2 Å². The SMILES string of the molecule is CN=C(NCCNC(=O)c1ccc(Cl)cc1)NC(C)COC. The number of amides is 1. The van der Waals surface area contributed by atoms with Crippen molar-refractivity contribution in [2.75, 3.05) is 33.9 Å². The van der Waals surface area contributed by atoms with Crippen molar-refractivity contribution in [3.63, 3.8) is 0 Å². The van der Waals surface area contributed by atoms with Crippen LogP contribution in [0.3, 0.4) is 0 Å². The van der Waals surface area contributed by atoms with E-state index in [1.165, 1.54) is 0 Å². The van der Waals surface area contributed by atoms with Gasteiger partial charge in [-0.3, -0.25) is 9.79 Å². The number of rotatable bonds is 7. The molecule has 1 unspecified atom stereocenters. The van der Waals surface area contributed by atoms with Crippen LogP contribution >= 0.6 is 11.6 Å². The molecule has 0 heterocycles. The van der Waals surface area contributed by atoms with Gasteiger partial charge >= 0.3 is 0 Å². The molecule has 1 rings (SSSR count). The van der Waals surface area contributed by atoms with E-state index in [2.05, 4.69) is 20.9 Å². The zero-order valence-corrected chi connectivity index (χ0v) is 13.9. The average molecular weight is 327 g/mol. The molecule has 0 bridgehead atoms. The van der Waals surface area contributed by atoms with Crippen molar-refractivity contribution in [1.82, 2.24) is 16.0 Å². The van der Waals surface area contributed by atoms with Crippen LogP contribution in [0.15, 0.2) is 29.3 Å². The van der Waals surface area contributed by atoms with Gasteiger partial charge in [-0.15, -0.1) is 0 Å². The Morgan fingerprint density at radius 3 is 2.50 bits per heavy atom. The first-order valence-corrected chi connectivity index (χ1v) is 7.44. The summed E-state index contributed by atoms with van der Waals surface area (Å²) in [6, 6.07) is 6.92. The lowest BCUT2D eigenvalue weighted by Crippen LogP contribution is -2.46. The number of hydrogen-bond acceptors (Lipinski definition) is 3. The van der Waals surface area contributed by atoms with Crippen molar-refractivity contribution >= 4 is 23.5 Å². The minimum absolute atomic E-state index is 0.130. The highest BCUT2D eigenvalue weighted by Crippen LogP contribution is 2.08. The van der Waals surface area contributed by atoms with Crippen molar-refractivity contribution in [2.45, 2.75) is 13.0 Å². The van der Waals surface area contributed by atoms with Gasteiger partial charge in [0.25, 0.3) is 5.91 Å². The summed E-state index contributed by atoms with van der Waals surface area (Å²) >= 11 is 5.79. The van der Waals surface area contributed by atoms with Gasteiger partial charge in [0.05, 0.1) is 6.61 Å². The largest absolute Gasteiger partial charge is 0.383 e. The number of aliphatic imine (C=N–C) groups is 1. The first-order valence-electron chi connectivity index (χ1n) is 7.06. The van der Waals surface area contributed by atoms with Crippen LogP contribution in [0.4, 0.5) is 0 Å². The van der Waals surface area contributed by atoms with E-state index in [9.17, 15) is 4.79 Å². The van der Waals surface area contributed by atoms with Crippen LogP contribution in [-0.2, 0) is 4.74 Å². The molecular formula is C15H23ClN4O2. The predicted molar refractivity (Wildman–Crippen MR) is 89.6 cm³/mol. The van der Waals surface area contributed by atoms with Gasteiger partial charge in [-0.1, -0.05) is 11.6 Å². The zero-order valence-electron chi connectivity index (χ0n) is 13.1. The molecule has 1 aromatic rings. The van der Waals surface area contributed by atoms with E-state index >= 15 is 0 Å². The Hall–Kier alpha value is -1.79. The summed E-state index contributed by atoms with van der Waals surface area (Å²) in [5.41, 5.74) is 0.584. The number of benzene rings is 1. The van der Waals surface area contributed by atoms with E-state index < -0.39 is 0 Å². The Morgan fingerprint density at radius 1 is 1.27 bits per heavy atom. The maximum absolute atomic E-state index is 11.9. The highest BCUT2D eigenvalue weighted by molar-refractivity contribution is 6.30. The summed E-state index contributed by atoms with van der Waals surface area (Å²) in [6.07, 6.45) is 0. The zero-order chi connectivity index (χ0) is 16.4. The van der Waals surface area contributed by atoms with E-state index in [-0.39, 0.29) is 11.9 Å². The number of methoxy groups -OCH3 is 1. The molecule has 6 nitrogen and oxygen atoms in total. The third-order valence-corrected chi connectivity index (χ3v) is 3.08.